The summed E-state index contributed by atoms with van der Waals surface area (Å²) in [5, 5.41) is 5.71. The van der Waals surface area contributed by atoms with Gasteiger partial charge in [0.15, 0.2) is 0 Å². The maximum atomic E-state index is 11.9. The van der Waals surface area contributed by atoms with Crippen molar-refractivity contribution in [1.82, 2.24) is 5.32 Å². The second-order valence-electron chi connectivity index (χ2n) is 5.36. The lowest BCUT2D eigenvalue weighted by Gasteiger charge is -2.45. The third kappa shape index (κ3) is 2.31. The van der Waals surface area contributed by atoms with E-state index >= 15 is 0 Å². The normalized spacial score (nSPS) is 32.3. The molecular formula is C14H19N3O2. The third-order valence-corrected chi connectivity index (χ3v) is 4.05. The van der Waals surface area contributed by atoms with Crippen molar-refractivity contribution in [2.24, 2.45) is 11.7 Å². The van der Waals surface area contributed by atoms with E-state index in [9.17, 15) is 4.79 Å². The van der Waals surface area contributed by atoms with Crippen LogP contribution >= 0.6 is 0 Å². The molecule has 5 heteroatoms. The lowest BCUT2D eigenvalue weighted by molar-refractivity contribution is -0.0128. The Labute approximate surface area is 112 Å². The van der Waals surface area contributed by atoms with Crippen LogP contribution in [0.3, 0.4) is 0 Å². The van der Waals surface area contributed by atoms with E-state index in [0.717, 1.165) is 24.3 Å². The zero-order valence-corrected chi connectivity index (χ0v) is 10.9. The van der Waals surface area contributed by atoms with E-state index in [2.05, 4.69) is 10.6 Å². The van der Waals surface area contributed by atoms with Crippen molar-refractivity contribution in [3.8, 4) is 0 Å². The van der Waals surface area contributed by atoms with Gasteiger partial charge in [0.05, 0.1) is 12.1 Å². The number of benzene rings is 1. The van der Waals surface area contributed by atoms with E-state index in [1.807, 2.05) is 31.2 Å². The molecule has 4 unspecified atom stereocenters. The summed E-state index contributed by atoms with van der Waals surface area (Å²) in [4.78, 5) is 11.9. The molecule has 19 heavy (non-hydrogen) atoms. The van der Waals surface area contributed by atoms with Crippen LogP contribution in [0.5, 0.6) is 0 Å². The second-order valence-corrected chi connectivity index (χ2v) is 5.36. The lowest BCUT2D eigenvalue weighted by Crippen LogP contribution is -2.69. The maximum Gasteiger partial charge on any atom is 0.319 e. The Bertz CT molecular complexity index is 474. The van der Waals surface area contributed by atoms with E-state index in [1.165, 1.54) is 0 Å². The highest BCUT2D eigenvalue weighted by atomic mass is 16.5. The Hall–Kier alpha value is -1.59. The quantitative estimate of drug-likeness (QED) is 0.749. The third-order valence-electron chi connectivity index (χ3n) is 4.05. The van der Waals surface area contributed by atoms with Crippen molar-refractivity contribution in [3.05, 3.63) is 29.8 Å². The number of hydrogen-bond donors (Lipinski definition) is 3. The van der Waals surface area contributed by atoms with Gasteiger partial charge in [-0.3, -0.25) is 0 Å². The summed E-state index contributed by atoms with van der Waals surface area (Å²) in [6.45, 7) is 2.76. The summed E-state index contributed by atoms with van der Waals surface area (Å²) in [5.41, 5.74) is 7.99. The second kappa shape index (κ2) is 4.83. The number of fused-ring (bicyclic) bond motifs is 1. The Morgan fingerprint density at radius 3 is 2.84 bits per heavy atom. The first-order valence-corrected chi connectivity index (χ1v) is 6.66. The number of nitrogens with one attached hydrogen (secondary N) is 2. The van der Waals surface area contributed by atoms with Gasteiger partial charge in [-0.25, -0.2) is 4.79 Å². The van der Waals surface area contributed by atoms with Crippen molar-refractivity contribution >= 4 is 11.7 Å². The van der Waals surface area contributed by atoms with Gasteiger partial charge in [0, 0.05) is 24.3 Å². The Morgan fingerprint density at radius 1 is 1.37 bits per heavy atom. The highest BCUT2D eigenvalue weighted by Crippen LogP contribution is 2.37. The van der Waals surface area contributed by atoms with Crippen LogP contribution < -0.4 is 16.4 Å². The predicted octanol–water partition coefficient (Wildman–Crippen LogP) is 1.23. The van der Waals surface area contributed by atoms with E-state index in [1.54, 1.807) is 0 Å². The molecule has 2 amide bonds. The minimum absolute atomic E-state index is 0.0104. The molecule has 1 aromatic carbocycles. The van der Waals surface area contributed by atoms with Crippen molar-refractivity contribution in [1.29, 1.82) is 0 Å². The van der Waals surface area contributed by atoms with Gasteiger partial charge in [-0.15, -0.1) is 0 Å². The maximum absolute atomic E-state index is 11.9. The van der Waals surface area contributed by atoms with E-state index in [0.29, 0.717) is 5.92 Å². The SMILES string of the molecule is Cc1ccc(NC(=O)NC2C(N)C3CCOC32)cc1. The fourth-order valence-electron chi connectivity index (χ4n) is 2.88. The average Bonchev–Trinajstić information content (AvgIpc) is 2.83. The molecule has 1 saturated heterocycles. The van der Waals surface area contributed by atoms with Gasteiger partial charge >= 0.3 is 6.03 Å². The monoisotopic (exact) mass is 261 g/mol. The number of amides is 2. The number of nitrogens with two attached hydrogens (primary N) is 1. The first-order valence-electron chi connectivity index (χ1n) is 6.66. The lowest BCUT2D eigenvalue weighted by atomic mass is 9.72. The molecule has 0 bridgehead atoms. The minimum atomic E-state index is -0.224. The van der Waals surface area contributed by atoms with Crippen LogP contribution in [-0.4, -0.2) is 30.8 Å². The first kappa shape index (κ1) is 12.4. The molecule has 0 aromatic heterocycles. The number of carbonyl (C=O) groups is 1. The van der Waals surface area contributed by atoms with Gasteiger partial charge in [-0.2, -0.15) is 0 Å². The standard InChI is InChI=1S/C14H19N3O2/c1-8-2-4-9(5-3-8)16-14(18)17-12-11(15)10-6-7-19-13(10)12/h2-5,10-13H,6-7,15H2,1H3,(H2,16,17,18). The number of anilines is 1. The average molecular weight is 261 g/mol. The zero-order valence-electron chi connectivity index (χ0n) is 10.9. The molecule has 0 radical (unpaired) electrons. The van der Waals surface area contributed by atoms with Gasteiger partial charge in [-0.1, -0.05) is 17.7 Å². The molecule has 0 spiro atoms. The van der Waals surface area contributed by atoms with Gasteiger partial charge in [0.25, 0.3) is 0 Å². The Balaban J connectivity index is 1.55. The molecule has 4 atom stereocenters. The van der Waals surface area contributed by atoms with Crippen molar-refractivity contribution in [3.63, 3.8) is 0 Å². The minimum Gasteiger partial charge on any atom is -0.376 e. The Kier molecular flexibility index (Phi) is 3.16. The van der Waals surface area contributed by atoms with Crippen molar-refractivity contribution < 1.29 is 9.53 Å². The topological polar surface area (TPSA) is 76.4 Å². The van der Waals surface area contributed by atoms with E-state index < -0.39 is 0 Å². The number of urea groups is 1. The van der Waals surface area contributed by atoms with Gasteiger partial charge in [0.2, 0.25) is 0 Å². The molecule has 1 aliphatic heterocycles. The smallest absolute Gasteiger partial charge is 0.319 e. The van der Waals surface area contributed by atoms with Crippen LogP contribution in [0.4, 0.5) is 10.5 Å². The number of ether oxygens (including phenoxy) is 1. The molecule has 2 fully saturated rings. The van der Waals surface area contributed by atoms with Crippen LogP contribution in [0.15, 0.2) is 24.3 Å². The van der Waals surface area contributed by atoms with E-state index in [4.69, 9.17) is 10.5 Å². The van der Waals surface area contributed by atoms with Crippen LogP contribution in [0.1, 0.15) is 12.0 Å². The molecular weight excluding hydrogens is 242 g/mol. The van der Waals surface area contributed by atoms with Gasteiger partial charge in [-0.05, 0) is 25.5 Å². The summed E-state index contributed by atoms with van der Waals surface area (Å²) in [6.07, 6.45) is 1.10. The molecule has 1 heterocycles. The van der Waals surface area contributed by atoms with Crippen molar-refractivity contribution in [2.75, 3.05) is 11.9 Å². The number of carbonyl (C=O) groups excluding carboxylic acids is 1. The molecule has 1 aromatic rings. The number of aryl methyl sites for hydroxylation is 1. The summed E-state index contributed by atoms with van der Waals surface area (Å²) in [5.74, 6) is 0.407. The molecule has 2 aliphatic rings. The fraction of sp³-hybridized carbons (Fsp3) is 0.500. The summed E-state index contributed by atoms with van der Waals surface area (Å²) < 4.78 is 5.58. The molecule has 4 N–H and O–H groups in total. The van der Waals surface area contributed by atoms with E-state index in [-0.39, 0.29) is 24.2 Å². The number of hydrogen-bond acceptors (Lipinski definition) is 3. The Morgan fingerprint density at radius 2 is 2.11 bits per heavy atom. The zero-order chi connectivity index (χ0) is 13.4. The summed E-state index contributed by atoms with van der Waals surface area (Å²) in [7, 11) is 0. The van der Waals surface area contributed by atoms with Crippen molar-refractivity contribution in [2.45, 2.75) is 31.5 Å². The molecule has 102 valence electrons. The summed E-state index contributed by atoms with van der Waals surface area (Å²) >= 11 is 0. The molecule has 3 rings (SSSR count). The van der Waals surface area contributed by atoms with Crippen LogP contribution in [-0.2, 0) is 4.74 Å². The van der Waals surface area contributed by atoms with Gasteiger partial charge in [0.1, 0.15) is 0 Å². The summed E-state index contributed by atoms with van der Waals surface area (Å²) in [6, 6.07) is 7.39. The molecule has 1 aliphatic carbocycles. The molecule has 5 nitrogen and oxygen atoms in total. The highest BCUT2D eigenvalue weighted by Gasteiger charge is 2.52. The van der Waals surface area contributed by atoms with Crippen LogP contribution in [0.25, 0.3) is 0 Å². The van der Waals surface area contributed by atoms with Crippen LogP contribution in [0.2, 0.25) is 0 Å². The molecule has 1 saturated carbocycles. The van der Waals surface area contributed by atoms with Crippen LogP contribution in [0, 0.1) is 12.8 Å². The predicted molar refractivity (Wildman–Crippen MR) is 72.9 cm³/mol. The largest absolute Gasteiger partial charge is 0.376 e. The highest BCUT2D eigenvalue weighted by molar-refractivity contribution is 5.89. The number of rotatable bonds is 2. The first-order chi connectivity index (χ1) is 9.15. The fourth-order valence-corrected chi connectivity index (χ4v) is 2.88. The van der Waals surface area contributed by atoms with Gasteiger partial charge < -0.3 is 21.1 Å².